The smallest absolute Gasteiger partial charge is 0.0824 e. The predicted molar refractivity (Wildman–Crippen MR) is 67.5 cm³/mol. The number of aliphatic hydroxyl groups excluding tert-OH is 1. The van der Waals surface area contributed by atoms with Crippen molar-refractivity contribution in [3.8, 4) is 0 Å². The summed E-state index contributed by atoms with van der Waals surface area (Å²) in [5, 5.41) is 10.2. The number of fused-ring (bicyclic) bond motifs is 1. The molecule has 0 spiro atoms. The highest BCUT2D eigenvalue weighted by atomic mass is 16.3. The van der Waals surface area contributed by atoms with Crippen LogP contribution in [0.4, 0.5) is 0 Å². The fraction of sp³-hybridized carbons (Fsp3) is 0.600. The van der Waals surface area contributed by atoms with Crippen LogP contribution in [0.2, 0.25) is 0 Å². The highest BCUT2D eigenvalue weighted by Gasteiger charge is 2.33. The SMILES string of the molecule is CC(C)Cc1ccc2c(c1)C(O)C(C)C2C. The molecular weight excluding hydrogens is 196 g/mol. The first kappa shape index (κ1) is 11.7. The molecule has 2 rings (SSSR count). The number of aliphatic hydroxyl groups is 1. The molecule has 1 N–H and O–H groups in total. The summed E-state index contributed by atoms with van der Waals surface area (Å²) in [5.74, 6) is 1.51. The maximum atomic E-state index is 10.2. The van der Waals surface area contributed by atoms with E-state index in [4.69, 9.17) is 0 Å². The van der Waals surface area contributed by atoms with Gasteiger partial charge in [0.25, 0.3) is 0 Å². The average molecular weight is 218 g/mol. The van der Waals surface area contributed by atoms with Gasteiger partial charge in [0.05, 0.1) is 6.10 Å². The topological polar surface area (TPSA) is 20.2 Å². The second kappa shape index (κ2) is 4.21. The average Bonchev–Trinajstić information content (AvgIpc) is 2.43. The van der Waals surface area contributed by atoms with E-state index in [0.29, 0.717) is 17.8 Å². The van der Waals surface area contributed by atoms with Gasteiger partial charge in [-0.05, 0) is 40.9 Å². The zero-order valence-electron chi connectivity index (χ0n) is 10.7. The molecule has 1 aliphatic rings. The molecule has 0 bridgehead atoms. The van der Waals surface area contributed by atoms with E-state index in [2.05, 4.69) is 45.9 Å². The fourth-order valence-electron chi connectivity index (χ4n) is 2.73. The second-order valence-corrected chi connectivity index (χ2v) is 5.65. The molecule has 1 nitrogen and oxygen atoms in total. The Labute approximate surface area is 98.5 Å². The first-order valence-corrected chi connectivity index (χ1v) is 6.31. The summed E-state index contributed by atoms with van der Waals surface area (Å²) in [7, 11) is 0. The molecule has 0 fully saturated rings. The third-order valence-electron chi connectivity index (χ3n) is 3.89. The molecule has 0 saturated carbocycles. The van der Waals surface area contributed by atoms with Crippen molar-refractivity contribution in [2.75, 3.05) is 0 Å². The Kier molecular flexibility index (Phi) is 3.07. The van der Waals surface area contributed by atoms with E-state index in [0.717, 1.165) is 12.0 Å². The molecular formula is C15H22O. The normalized spacial score (nSPS) is 28.5. The lowest BCUT2D eigenvalue weighted by atomic mass is 9.95. The monoisotopic (exact) mass is 218 g/mol. The lowest BCUT2D eigenvalue weighted by Crippen LogP contribution is -2.04. The first-order chi connectivity index (χ1) is 7.50. The van der Waals surface area contributed by atoms with Crippen LogP contribution >= 0.6 is 0 Å². The van der Waals surface area contributed by atoms with E-state index in [1.165, 1.54) is 11.1 Å². The Morgan fingerprint density at radius 1 is 1.19 bits per heavy atom. The summed E-state index contributed by atoms with van der Waals surface area (Å²) < 4.78 is 0. The van der Waals surface area contributed by atoms with Gasteiger partial charge >= 0.3 is 0 Å². The molecule has 1 aromatic rings. The van der Waals surface area contributed by atoms with E-state index in [-0.39, 0.29) is 6.10 Å². The lowest BCUT2D eigenvalue weighted by Gasteiger charge is -2.12. The van der Waals surface area contributed by atoms with Crippen molar-refractivity contribution in [1.29, 1.82) is 0 Å². The van der Waals surface area contributed by atoms with Gasteiger partial charge in [-0.2, -0.15) is 0 Å². The van der Waals surface area contributed by atoms with E-state index < -0.39 is 0 Å². The summed E-state index contributed by atoms with van der Waals surface area (Å²) in [6, 6.07) is 6.64. The third kappa shape index (κ3) is 1.89. The first-order valence-electron chi connectivity index (χ1n) is 6.31. The molecule has 16 heavy (non-hydrogen) atoms. The minimum Gasteiger partial charge on any atom is -0.388 e. The van der Waals surface area contributed by atoms with Crippen molar-refractivity contribution in [2.45, 2.75) is 46.1 Å². The second-order valence-electron chi connectivity index (χ2n) is 5.65. The van der Waals surface area contributed by atoms with Crippen LogP contribution in [0.25, 0.3) is 0 Å². The minimum atomic E-state index is -0.267. The van der Waals surface area contributed by atoms with Crippen molar-refractivity contribution in [3.05, 3.63) is 34.9 Å². The summed E-state index contributed by atoms with van der Waals surface area (Å²) >= 11 is 0. The summed E-state index contributed by atoms with van der Waals surface area (Å²) in [6.07, 6.45) is 0.833. The molecule has 0 aromatic heterocycles. The maximum absolute atomic E-state index is 10.2. The van der Waals surface area contributed by atoms with Crippen LogP contribution in [-0.2, 0) is 6.42 Å². The molecule has 1 aliphatic carbocycles. The van der Waals surface area contributed by atoms with Crippen LogP contribution in [0, 0.1) is 11.8 Å². The van der Waals surface area contributed by atoms with Crippen LogP contribution in [0.1, 0.15) is 56.4 Å². The standard InChI is InChI=1S/C15H22O/c1-9(2)7-12-5-6-13-10(3)11(4)15(16)14(13)8-12/h5-6,8-11,15-16H,7H2,1-4H3. The molecule has 0 heterocycles. The highest BCUT2D eigenvalue weighted by molar-refractivity contribution is 5.40. The van der Waals surface area contributed by atoms with Crippen molar-refractivity contribution >= 4 is 0 Å². The largest absolute Gasteiger partial charge is 0.388 e. The maximum Gasteiger partial charge on any atom is 0.0824 e. The Balaban J connectivity index is 2.34. The molecule has 0 aliphatic heterocycles. The fourth-order valence-corrected chi connectivity index (χ4v) is 2.73. The Morgan fingerprint density at radius 3 is 2.50 bits per heavy atom. The molecule has 1 aromatic carbocycles. The zero-order chi connectivity index (χ0) is 11.9. The Bertz CT molecular complexity index is 381. The molecule has 0 radical (unpaired) electrons. The molecule has 88 valence electrons. The Morgan fingerprint density at radius 2 is 1.88 bits per heavy atom. The zero-order valence-corrected chi connectivity index (χ0v) is 10.7. The van der Waals surface area contributed by atoms with Gasteiger partial charge in [0.2, 0.25) is 0 Å². The summed E-state index contributed by atoms with van der Waals surface area (Å²) in [5.41, 5.74) is 3.86. The highest BCUT2D eigenvalue weighted by Crippen LogP contribution is 2.44. The minimum absolute atomic E-state index is 0.267. The van der Waals surface area contributed by atoms with E-state index in [1.54, 1.807) is 0 Å². The van der Waals surface area contributed by atoms with Crippen LogP contribution in [0.5, 0.6) is 0 Å². The van der Waals surface area contributed by atoms with Crippen LogP contribution in [0.3, 0.4) is 0 Å². The van der Waals surface area contributed by atoms with Crippen molar-refractivity contribution in [2.24, 2.45) is 11.8 Å². The van der Waals surface area contributed by atoms with Gasteiger partial charge in [-0.15, -0.1) is 0 Å². The number of hydrogen-bond acceptors (Lipinski definition) is 1. The van der Waals surface area contributed by atoms with Gasteiger partial charge in [0.15, 0.2) is 0 Å². The summed E-state index contributed by atoms with van der Waals surface area (Å²) in [4.78, 5) is 0. The molecule has 1 heteroatoms. The van der Waals surface area contributed by atoms with Crippen molar-refractivity contribution in [1.82, 2.24) is 0 Å². The van der Waals surface area contributed by atoms with Gasteiger partial charge in [0.1, 0.15) is 0 Å². The number of rotatable bonds is 2. The van der Waals surface area contributed by atoms with Gasteiger partial charge in [-0.25, -0.2) is 0 Å². The Hall–Kier alpha value is -0.820. The number of hydrogen-bond donors (Lipinski definition) is 1. The molecule has 3 unspecified atom stereocenters. The van der Waals surface area contributed by atoms with Gasteiger partial charge in [0, 0.05) is 0 Å². The molecule has 0 saturated heterocycles. The summed E-state index contributed by atoms with van der Waals surface area (Å²) in [6.45, 7) is 8.81. The van der Waals surface area contributed by atoms with Crippen LogP contribution in [-0.4, -0.2) is 5.11 Å². The van der Waals surface area contributed by atoms with Gasteiger partial charge in [-0.1, -0.05) is 45.9 Å². The van der Waals surface area contributed by atoms with Crippen molar-refractivity contribution < 1.29 is 5.11 Å². The molecule has 0 amide bonds. The van der Waals surface area contributed by atoms with E-state index >= 15 is 0 Å². The van der Waals surface area contributed by atoms with E-state index in [9.17, 15) is 5.11 Å². The van der Waals surface area contributed by atoms with Gasteiger partial charge < -0.3 is 5.11 Å². The number of benzene rings is 1. The quantitative estimate of drug-likeness (QED) is 0.803. The predicted octanol–water partition coefficient (Wildman–Crippen LogP) is 3.67. The third-order valence-corrected chi connectivity index (χ3v) is 3.89. The van der Waals surface area contributed by atoms with E-state index in [1.807, 2.05) is 0 Å². The van der Waals surface area contributed by atoms with Crippen molar-refractivity contribution in [3.63, 3.8) is 0 Å². The van der Waals surface area contributed by atoms with Crippen LogP contribution in [0.15, 0.2) is 18.2 Å². The van der Waals surface area contributed by atoms with Gasteiger partial charge in [-0.3, -0.25) is 0 Å². The molecule has 3 atom stereocenters. The van der Waals surface area contributed by atoms with Crippen LogP contribution < -0.4 is 0 Å². The lowest BCUT2D eigenvalue weighted by molar-refractivity contribution is 0.123.